The Bertz CT molecular complexity index is 942. The van der Waals surface area contributed by atoms with Crippen molar-refractivity contribution in [1.82, 2.24) is 9.55 Å². The summed E-state index contributed by atoms with van der Waals surface area (Å²) in [6.45, 7) is 1.99. The number of halogens is 2. The third kappa shape index (κ3) is 2.49. The van der Waals surface area contributed by atoms with E-state index in [1.807, 2.05) is 18.6 Å². The molecule has 5 rings (SSSR count). The van der Waals surface area contributed by atoms with Gasteiger partial charge in [-0.1, -0.05) is 28.1 Å². The minimum absolute atomic E-state index is 0.0655. The van der Waals surface area contributed by atoms with Crippen LogP contribution >= 0.6 is 15.9 Å². The van der Waals surface area contributed by atoms with Crippen molar-refractivity contribution in [2.24, 2.45) is 5.92 Å². The van der Waals surface area contributed by atoms with E-state index in [9.17, 15) is 4.39 Å². The second-order valence-electron chi connectivity index (χ2n) is 7.13. The minimum atomic E-state index is -0.0912. The van der Waals surface area contributed by atoms with Crippen LogP contribution in [0.3, 0.4) is 0 Å². The molecule has 1 unspecified atom stereocenters. The first-order valence-corrected chi connectivity index (χ1v) is 9.83. The van der Waals surface area contributed by atoms with Gasteiger partial charge in [-0.3, -0.25) is 0 Å². The predicted octanol–water partition coefficient (Wildman–Crippen LogP) is 5.27. The molecule has 0 bridgehead atoms. The molecule has 2 aliphatic heterocycles. The first kappa shape index (κ1) is 16.1. The second kappa shape index (κ2) is 6.23. The molecule has 0 aliphatic carbocycles. The van der Waals surface area contributed by atoms with E-state index < -0.39 is 0 Å². The van der Waals surface area contributed by atoms with Crippen molar-refractivity contribution in [2.45, 2.75) is 18.9 Å². The van der Waals surface area contributed by atoms with Gasteiger partial charge in [0, 0.05) is 34.4 Å². The summed E-state index contributed by atoms with van der Waals surface area (Å²) in [6.07, 6.45) is 5.81. The number of hydrogen-bond acceptors (Lipinski definition) is 2. The van der Waals surface area contributed by atoms with Crippen LogP contribution in [-0.2, 0) is 0 Å². The fourth-order valence-corrected chi connectivity index (χ4v) is 4.79. The molecule has 132 valence electrons. The Hall–Kier alpha value is -2.14. The number of hydrogen-bond donors (Lipinski definition) is 0. The Morgan fingerprint density at radius 2 is 1.81 bits per heavy atom. The van der Waals surface area contributed by atoms with Crippen molar-refractivity contribution in [2.75, 3.05) is 18.0 Å². The van der Waals surface area contributed by atoms with Gasteiger partial charge in [-0.25, -0.2) is 9.37 Å². The summed E-state index contributed by atoms with van der Waals surface area (Å²) in [7, 11) is 0. The van der Waals surface area contributed by atoms with Gasteiger partial charge >= 0.3 is 0 Å². The molecular formula is C21H19BrFN3. The molecule has 0 spiro atoms. The smallest absolute Gasteiger partial charge is 0.129 e. The minimum Gasteiger partial charge on any atom is -0.372 e. The van der Waals surface area contributed by atoms with Gasteiger partial charge in [-0.15, -0.1) is 0 Å². The number of anilines is 1. The fourth-order valence-electron chi connectivity index (χ4n) is 4.52. The molecule has 1 aromatic heterocycles. The van der Waals surface area contributed by atoms with Crippen LogP contribution in [0.15, 0.2) is 59.5 Å². The number of fused-ring (bicyclic) bond motifs is 3. The lowest BCUT2D eigenvalue weighted by atomic mass is 9.85. The van der Waals surface area contributed by atoms with Crippen LogP contribution in [0.1, 0.15) is 24.4 Å². The molecule has 2 aromatic carbocycles. The van der Waals surface area contributed by atoms with Crippen LogP contribution < -0.4 is 4.90 Å². The van der Waals surface area contributed by atoms with Gasteiger partial charge in [0.1, 0.15) is 5.82 Å². The normalized spacial score (nSPS) is 19.5. The monoisotopic (exact) mass is 411 g/mol. The van der Waals surface area contributed by atoms with Crippen LogP contribution in [0, 0.1) is 11.7 Å². The second-order valence-corrected chi connectivity index (χ2v) is 8.05. The maximum atomic E-state index is 14.7. The molecule has 0 saturated carbocycles. The van der Waals surface area contributed by atoms with Gasteiger partial charge in [0.25, 0.3) is 0 Å². The maximum Gasteiger partial charge on any atom is 0.129 e. The van der Waals surface area contributed by atoms with E-state index in [1.54, 1.807) is 12.1 Å². The van der Waals surface area contributed by atoms with E-state index in [0.717, 1.165) is 47.2 Å². The lowest BCUT2D eigenvalue weighted by Gasteiger charge is -2.37. The largest absolute Gasteiger partial charge is 0.372 e. The highest BCUT2D eigenvalue weighted by Crippen LogP contribution is 2.46. The van der Waals surface area contributed by atoms with Crippen molar-refractivity contribution in [3.8, 4) is 11.3 Å². The number of benzene rings is 2. The van der Waals surface area contributed by atoms with Crippen LogP contribution in [0.2, 0.25) is 0 Å². The van der Waals surface area contributed by atoms with Gasteiger partial charge in [-0.2, -0.15) is 0 Å². The van der Waals surface area contributed by atoms with E-state index in [4.69, 9.17) is 0 Å². The molecule has 1 saturated heterocycles. The molecule has 26 heavy (non-hydrogen) atoms. The van der Waals surface area contributed by atoms with Crippen LogP contribution in [-0.4, -0.2) is 22.6 Å². The third-order valence-corrected chi connectivity index (χ3v) is 6.30. The molecule has 1 atom stereocenters. The lowest BCUT2D eigenvalue weighted by molar-refractivity contribution is 0.312. The van der Waals surface area contributed by atoms with Gasteiger partial charge in [0.15, 0.2) is 0 Å². The summed E-state index contributed by atoms with van der Waals surface area (Å²) in [5.74, 6) is 0.333. The average Bonchev–Trinajstić information content (AvgIpc) is 3.24. The SMILES string of the molecule is Fc1cccc2c1C(C1CCN(c3ccc(Br)cc3)CC1)n1cncc1-2. The molecule has 2 aliphatic rings. The van der Waals surface area contributed by atoms with Gasteiger partial charge in [0.2, 0.25) is 0 Å². The standard InChI is InChI=1S/C21H19BrFN3/c22-15-4-6-16(7-5-15)25-10-8-14(9-11-25)21-20-17(2-1-3-18(20)23)19-12-24-13-26(19)21/h1-7,12-14,21H,8-11H2. The van der Waals surface area contributed by atoms with Crippen molar-refractivity contribution in [1.29, 1.82) is 0 Å². The predicted molar refractivity (Wildman–Crippen MR) is 105 cm³/mol. The number of piperidine rings is 1. The van der Waals surface area contributed by atoms with E-state index >= 15 is 0 Å². The van der Waals surface area contributed by atoms with Crippen molar-refractivity contribution < 1.29 is 4.39 Å². The molecule has 1 fully saturated rings. The summed E-state index contributed by atoms with van der Waals surface area (Å²) in [4.78, 5) is 6.74. The highest BCUT2D eigenvalue weighted by molar-refractivity contribution is 9.10. The Labute approximate surface area is 160 Å². The number of rotatable bonds is 2. The molecule has 0 radical (unpaired) electrons. The molecule has 3 nitrogen and oxygen atoms in total. The highest BCUT2D eigenvalue weighted by atomic mass is 79.9. The zero-order valence-electron chi connectivity index (χ0n) is 14.3. The molecule has 0 N–H and O–H groups in total. The van der Waals surface area contributed by atoms with E-state index in [-0.39, 0.29) is 11.9 Å². The summed E-state index contributed by atoms with van der Waals surface area (Å²) in [5.41, 5.74) is 4.16. The zero-order chi connectivity index (χ0) is 17.7. The van der Waals surface area contributed by atoms with Crippen molar-refractivity contribution in [3.63, 3.8) is 0 Å². The molecular weight excluding hydrogens is 393 g/mol. The fraction of sp³-hybridized carbons (Fsp3) is 0.286. The number of aromatic nitrogens is 2. The summed E-state index contributed by atoms with van der Waals surface area (Å²) < 4.78 is 17.9. The average molecular weight is 412 g/mol. The summed E-state index contributed by atoms with van der Waals surface area (Å²) >= 11 is 3.49. The van der Waals surface area contributed by atoms with Crippen LogP contribution in [0.5, 0.6) is 0 Å². The van der Waals surface area contributed by atoms with E-state index in [0.29, 0.717) is 5.92 Å². The first-order valence-electron chi connectivity index (χ1n) is 9.03. The topological polar surface area (TPSA) is 21.1 Å². The number of nitrogens with zero attached hydrogens (tertiary/aromatic N) is 3. The van der Waals surface area contributed by atoms with E-state index in [1.165, 1.54) is 5.69 Å². The summed E-state index contributed by atoms with van der Waals surface area (Å²) in [5, 5.41) is 0. The van der Waals surface area contributed by atoms with Crippen LogP contribution in [0.25, 0.3) is 11.3 Å². The molecule has 5 heteroatoms. The quantitative estimate of drug-likeness (QED) is 0.572. The Morgan fingerprint density at radius 3 is 2.58 bits per heavy atom. The lowest BCUT2D eigenvalue weighted by Crippen LogP contribution is -2.36. The van der Waals surface area contributed by atoms with Gasteiger partial charge < -0.3 is 9.47 Å². The number of imidazole rings is 1. The summed E-state index contributed by atoms with van der Waals surface area (Å²) in [6, 6.07) is 13.9. The molecule has 3 aromatic rings. The Morgan fingerprint density at radius 1 is 1.04 bits per heavy atom. The van der Waals surface area contributed by atoms with Crippen LogP contribution in [0.4, 0.5) is 10.1 Å². The first-order chi connectivity index (χ1) is 12.7. The zero-order valence-corrected chi connectivity index (χ0v) is 15.9. The molecule has 0 amide bonds. The molecule has 3 heterocycles. The maximum absolute atomic E-state index is 14.7. The Kier molecular flexibility index (Phi) is 3.85. The van der Waals surface area contributed by atoms with Crippen molar-refractivity contribution in [3.05, 3.63) is 70.8 Å². The van der Waals surface area contributed by atoms with Gasteiger partial charge in [-0.05, 0) is 49.1 Å². The Balaban J connectivity index is 1.41. The van der Waals surface area contributed by atoms with Gasteiger partial charge in [0.05, 0.1) is 24.3 Å². The highest BCUT2D eigenvalue weighted by Gasteiger charge is 2.37. The van der Waals surface area contributed by atoms with Crippen molar-refractivity contribution >= 4 is 21.6 Å². The third-order valence-electron chi connectivity index (χ3n) is 5.77. The van der Waals surface area contributed by atoms with E-state index in [2.05, 4.69) is 54.6 Å².